The van der Waals surface area contributed by atoms with Gasteiger partial charge in [0.25, 0.3) is 0 Å². The molecule has 0 aliphatic heterocycles. The summed E-state index contributed by atoms with van der Waals surface area (Å²) in [6.07, 6.45) is 0. The molecule has 0 spiro atoms. The smallest absolute Gasteiger partial charge is 0.183 e. The van der Waals surface area contributed by atoms with Crippen molar-refractivity contribution in [2.45, 2.75) is 6.54 Å². The van der Waals surface area contributed by atoms with Gasteiger partial charge in [0.1, 0.15) is 0 Å². The van der Waals surface area contributed by atoms with Crippen molar-refractivity contribution in [3.05, 3.63) is 65.0 Å². The molecule has 18 heavy (non-hydrogen) atoms. The molecule has 1 aromatic heterocycles. The second kappa shape index (κ2) is 5.50. The molecule has 92 valence electrons. The van der Waals surface area contributed by atoms with Crippen molar-refractivity contribution in [3.8, 4) is 0 Å². The monoisotopic (exact) mass is 320 g/mol. The highest BCUT2D eigenvalue weighted by Gasteiger charge is 2.04. The van der Waals surface area contributed by atoms with Gasteiger partial charge in [-0.1, -0.05) is 53.8 Å². The Morgan fingerprint density at radius 2 is 1.61 bits per heavy atom. The summed E-state index contributed by atoms with van der Waals surface area (Å²) in [7, 11) is 0. The first kappa shape index (κ1) is 13.1. The summed E-state index contributed by atoms with van der Waals surface area (Å²) < 4.78 is 3.23. The zero-order chi connectivity index (χ0) is 11.7. The van der Waals surface area contributed by atoms with Crippen LogP contribution in [-0.2, 0) is 6.54 Å². The summed E-state index contributed by atoms with van der Waals surface area (Å²) >= 11 is 1.53. The van der Waals surface area contributed by atoms with Gasteiger partial charge in [0, 0.05) is 0 Å². The Bertz CT molecular complexity index is 700. The molecule has 0 amide bonds. The average Bonchev–Trinajstić information content (AvgIpc) is 2.68. The number of nitrogens with one attached hydrogen (secondary N) is 1. The summed E-state index contributed by atoms with van der Waals surface area (Å²) in [5, 5.41) is 8.03. The molecule has 0 unspecified atom stereocenters. The summed E-state index contributed by atoms with van der Waals surface area (Å²) in [6, 6.07) is 18.5. The van der Waals surface area contributed by atoms with Crippen LogP contribution in [-0.4, -0.2) is 4.57 Å². The second-order valence-electron chi connectivity index (χ2n) is 3.95. The molecule has 0 saturated heterocycles. The lowest BCUT2D eigenvalue weighted by Crippen LogP contribution is -2.13. The summed E-state index contributed by atoms with van der Waals surface area (Å²) in [5.41, 5.74) is 2.38. The molecule has 0 bridgehead atoms. The lowest BCUT2D eigenvalue weighted by molar-refractivity contribution is 0.789. The first-order chi connectivity index (χ1) is 8.34. The molecule has 0 saturated carbocycles. The zero-order valence-corrected chi connectivity index (χ0v) is 12.2. The Balaban J connectivity index is 0.00000120. The third kappa shape index (κ3) is 2.40. The fourth-order valence-corrected chi connectivity index (χ4v) is 2.87. The van der Waals surface area contributed by atoms with E-state index in [1.807, 2.05) is 30.3 Å². The lowest BCUT2D eigenvalue weighted by Gasteiger charge is -2.04. The van der Waals surface area contributed by atoms with Crippen LogP contribution in [0.1, 0.15) is 5.56 Å². The van der Waals surface area contributed by atoms with Crippen molar-refractivity contribution in [2.24, 2.45) is 0 Å². The van der Waals surface area contributed by atoms with Crippen molar-refractivity contribution >= 4 is 38.5 Å². The van der Waals surface area contributed by atoms with Crippen LogP contribution in [0.3, 0.4) is 0 Å². The Labute approximate surface area is 120 Å². The third-order valence-corrected chi connectivity index (χ3v) is 3.77. The van der Waals surface area contributed by atoms with E-state index >= 15 is 0 Å². The van der Waals surface area contributed by atoms with Gasteiger partial charge >= 0.3 is 0 Å². The van der Waals surface area contributed by atoms with Crippen molar-refractivity contribution in [2.75, 3.05) is 0 Å². The van der Waals surface area contributed by atoms with E-state index < -0.39 is 0 Å². The minimum absolute atomic E-state index is 0. The summed E-state index contributed by atoms with van der Waals surface area (Å²) in [5.74, 6) is 0. The van der Waals surface area contributed by atoms with Crippen molar-refractivity contribution < 1.29 is 0 Å². The number of para-hydroxylation sites is 1. The minimum atomic E-state index is 0. The van der Waals surface area contributed by atoms with Crippen molar-refractivity contribution in [1.29, 1.82) is 5.41 Å². The molecule has 2 nitrogen and oxygen atoms in total. The molecule has 1 heterocycles. The van der Waals surface area contributed by atoms with Crippen LogP contribution in [0, 0.1) is 5.41 Å². The van der Waals surface area contributed by atoms with E-state index in [2.05, 4.69) is 28.8 Å². The number of hydrogen-bond acceptors (Lipinski definition) is 2. The summed E-state index contributed by atoms with van der Waals surface area (Å²) in [4.78, 5) is 0.607. The molecule has 1 N–H and O–H groups in total. The maximum Gasteiger partial charge on any atom is 0.183 e. The topological polar surface area (TPSA) is 28.8 Å². The van der Waals surface area contributed by atoms with Crippen LogP contribution >= 0.6 is 28.3 Å². The molecule has 0 atom stereocenters. The molecule has 3 rings (SSSR count). The Kier molecular flexibility index (Phi) is 3.99. The van der Waals surface area contributed by atoms with Gasteiger partial charge in [0.05, 0.1) is 16.8 Å². The molecule has 3 aromatic rings. The van der Waals surface area contributed by atoms with E-state index in [0.29, 0.717) is 4.80 Å². The van der Waals surface area contributed by atoms with Gasteiger partial charge < -0.3 is 4.57 Å². The van der Waals surface area contributed by atoms with Gasteiger partial charge in [-0.15, -0.1) is 17.0 Å². The average molecular weight is 321 g/mol. The molecule has 4 heteroatoms. The molecular weight excluding hydrogens is 308 g/mol. The predicted octanol–water partition coefficient (Wildman–Crippen LogP) is 3.81. The highest BCUT2D eigenvalue weighted by Crippen LogP contribution is 2.17. The van der Waals surface area contributed by atoms with Gasteiger partial charge in [-0.25, -0.2) is 0 Å². The molecular formula is C14H13BrN2S. The van der Waals surface area contributed by atoms with Crippen molar-refractivity contribution in [1.82, 2.24) is 4.57 Å². The lowest BCUT2D eigenvalue weighted by atomic mass is 10.2. The van der Waals surface area contributed by atoms with Crippen LogP contribution < -0.4 is 4.80 Å². The standard InChI is InChI=1S/C14H12N2S.BrH/c15-14-16(10-11-6-2-1-3-7-11)12-8-4-5-9-13(12)17-14;/h1-9,15H,10H2;1H. The van der Waals surface area contributed by atoms with Crippen LogP contribution in [0.25, 0.3) is 10.2 Å². The fourth-order valence-electron chi connectivity index (χ4n) is 1.96. The highest BCUT2D eigenvalue weighted by atomic mass is 79.9. The number of rotatable bonds is 2. The van der Waals surface area contributed by atoms with Crippen LogP contribution in [0.5, 0.6) is 0 Å². The molecule has 0 aliphatic carbocycles. The molecule has 0 aliphatic rings. The number of fused-ring (bicyclic) bond motifs is 1. The van der Waals surface area contributed by atoms with Gasteiger partial charge in [-0.05, 0) is 17.7 Å². The second-order valence-corrected chi connectivity index (χ2v) is 4.98. The van der Waals surface area contributed by atoms with Gasteiger partial charge in [-0.2, -0.15) is 0 Å². The number of halogens is 1. The van der Waals surface area contributed by atoms with E-state index in [1.165, 1.54) is 21.6 Å². The number of aromatic nitrogens is 1. The number of benzene rings is 2. The number of nitrogens with zero attached hydrogens (tertiary/aromatic N) is 1. The molecule has 0 radical (unpaired) electrons. The SMILES string of the molecule is Br.N=c1sc2ccccc2n1Cc1ccccc1. The fraction of sp³-hybridized carbons (Fsp3) is 0.0714. The van der Waals surface area contributed by atoms with Gasteiger partial charge in [-0.3, -0.25) is 5.41 Å². The Morgan fingerprint density at radius 1 is 0.944 bits per heavy atom. The number of thiazole rings is 1. The maximum atomic E-state index is 8.03. The Morgan fingerprint density at radius 3 is 2.39 bits per heavy atom. The minimum Gasteiger partial charge on any atom is -0.312 e. The van der Waals surface area contributed by atoms with E-state index in [4.69, 9.17) is 5.41 Å². The van der Waals surface area contributed by atoms with Crippen LogP contribution in [0.4, 0.5) is 0 Å². The first-order valence-corrected chi connectivity index (χ1v) is 6.33. The predicted molar refractivity (Wildman–Crippen MR) is 81.5 cm³/mol. The van der Waals surface area contributed by atoms with Gasteiger partial charge in [0.2, 0.25) is 0 Å². The maximum absolute atomic E-state index is 8.03. The van der Waals surface area contributed by atoms with Crippen molar-refractivity contribution in [3.63, 3.8) is 0 Å². The van der Waals surface area contributed by atoms with Crippen LogP contribution in [0.15, 0.2) is 54.6 Å². The summed E-state index contributed by atoms with van der Waals surface area (Å²) in [6.45, 7) is 0.768. The highest BCUT2D eigenvalue weighted by molar-refractivity contribution is 8.93. The van der Waals surface area contributed by atoms with E-state index in [1.54, 1.807) is 0 Å². The van der Waals surface area contributed by atoms with E-state index in [9.17, 15) is 0 Å². The normalized spacial score (nSPS) is 10.2. The largest absolute Gasteiger partial charge is 0.312 e. The Hall–Kier alpha value is -1.39. The number of hydrogen-bond donors (Lipinski definition) is 1. The quantitative estimate of drug-likeness (QED) is 0.744. The molecule has 2 aromatic carbocycles. The third-order valence-electron chi connectivity index (χ3n) is 2.79. The van der Waals surface area contributed by atoms with E-state index in [0.717, 1.165) is 12.1 Å². The van der Waals surface area contributed by atoms with Crippen LogP contribution in [0.2, 0.25) is 0 Å². The zero-order valence-electron chi connectivity index (χ0n) is 9.67. The van der Waals surface area contributed by atoms with E-state index in [-0.39, 0.29) is 17.0 Å². The van der Waals surface area contributed by atoms with Gasteiger partial charge in [0.15, 0.2) is 4.80 Å². The first-order valence-electron chi connectivity index (χ1n) is 5.51. The molecule has 0 fully saturated rings.